The van der Waals surface area contributed by atoms with Gasteiger partial charge in [0.1, 0.15) is 5.82 Å². The highest BCUT2D eigenvalue weighted by Crippen LogP contribution is 2.29. The molecule has 0 atom stereocenters. The summed E-state index contributed by atoms with van der Waals surface area (Å²) >= 11 is 0. The van der Waals surface area contributed by atoms with Gasteiger partial charge in [0.2, 0.25) is 0 Å². The second-order valence-electron chi connectivity index (χ2n) is 4.07. The van der Waals surface area contributed by atoms with E-state index < -0.39 is 11.7 Å². The van der Waals surface area contributed by atoms with E-state index in [1.807, 2.05) is 0 Å². The summed E-state index contributed by atoms with van der Waals surface area (Å²) in [7, 11) is 0. The lowest BCUT2D eigenvalue weighted by atomic mass is 10.2. The van der Waals surface area contributed by atoms with Crippen molar-refractivity contribution in [1.29, 1.82) is 0 Å². The zero-order valence-electron chi connectivity index (χ0n) is 10.3. The van der Waals surface area contributed by atoms with Crippen LogP contribution in [-0.4, -0.2) is 21.3 Å². The summed E-state index contributed by atoms with van der Waals surface area (Å²) in [5.74, 6) is 1.20. The summed E-state index contributed by atoms with van der Waals surface area (Å²) in [6.07, 6.45) is -3.80. The molecule has 7 heteroatoms. The molecule has 0 spiro atoms. The van der Waals surface area contributed by atoms with Crippen LogP contribution in [0.5, 0.6) is 0 Å². The van der Waals surface area contributed by atoms with Crippen LogP contribution in [0, 0.1) is 6.92 Å². The lowest BCUT2D eigenvalue weighted by molar-refractivity contribution is -0.137. The molecule has 0 aliphatic carbocycles. The fourth-order valence-electron chi connectivity index (χ4n) is 1.72. The Morgan fingerprint density at radius 3 is 2.37 bits per heavy atom. The van der Waals surface area contributed by atoms with E-state index in [1.165, 1.54) is 16.8 Å². The van der Waals surface area contributed by atoms with Gasteiger partial charge in [-0.1, -0.05) is 0 Å². The van der Waals surface area contributed by atoms with Crippen LogP contribution in [0.25, 0.3) is 5.69 Å². The largest absolute Gasteiger partial charge is 0.416 e. The lowest BCUT2D eigenvalue weighted by Gasteiger charge is -2.08. The average molecular weight is 270 g/mol. The summed E-state index contributed by atoms with van der Waals surface area (Å²) in [6, 6.07) is 4.80. The first kappa shape index (κ1) is 13.5. The number of benzene rings is 1. The summed E-state index contributed by atoms with van der Waals surface area (Å²) in [4.78, 5) is 4.20. The summed E-state index contributed by atoms with van der Waals surface area (Å²) in [6.45, 7) is 2.17. The smallest absolute Gasteiger partial charge is 0.330 e. The topological polar surface area (TPSA) is 56.7 Å². The Morgan fingerprint density at radius 2 is 1.84 bits per heavy atom. The summed E-state index contributed by atoms with van der Waals surface area (Å²) in [5.41, 5.74) is 5.27. The predicted octanol–water partition coefficient (Wildman–Crippen LogP) is 2.10. The fraction of sp³-hybridized carbons (Fsp3) is 0.333. The van der Waals surface area contributed by atoms with Crippen molar-refractivity contribution in [3.8, 4) is 5.69 Å². The molecule has 4 nitrogen and oxygen atoms in total. The van der Waals surface area contributed by atoms with E-state index in [0.717, 1.165) is 12.1 Å². The van der Waals surface area contributed by atoms with Crippen LogP contribution in [0.4, 0.5) is 13.2 Å². The maximum absolute atomic E-state index is 12.5. The summed E-state index contributed by atoms with van der Waals surface area (Å²) < 4.78 is 38.9. The van der Waals surface area contributed by atoms with Crippen molar-refractivity contribution in [3.05, 3.63) is 41.5 Å². The van der Waals surface area contributed by atoms with Gasteiger partial charge in [-0.15, -0.1) is 0 Å². The molecule has 0 radical (unpaired) electrons. The van der Waals surface area contributed by atoms with E-state index in [4.69, 9.17) is 5.73 Å². The van der Waals surface area contributed by atoms with Crippen molar-refractivity contribution >= 4 is 0 Å². The van der Waals surface area contributed by atoms with E-state index in [1.54, 1.807) is 6.92 Å². The van der Waals surface area contributed by atoms with Gasteiger partial charge in [0, 0.05) is 6.42 Å². The Morgan fingerprint density at radius 1 is 1.21 bits per heavy atom. The molecule has 0 fully saturated rings. The summed E-state index contributed by atoms with van der Waals surface area (Å²) in [5, 5.41) is 4.21. The third-order valence-electron chi connectivity index (χ3n) is 2.62. The molecule has 0 aliphatic rings. The molecule has 0 bridgehead atoms. The minimum absolute atomic E-state index is 0.427. The third kappa shape index (κ3) is 2.93. The van der Waals surface area contributed by atoms with Gasteiger partial charge >= 0.3 is 6.18 Å². The highest BCUT2D eigenvalue weighted by molar-refractivity contribution is 5.35. The molecule has 0 unspecified atom stereocenters. The van der Waals surface area contributed by atoms with Crippen molar-refractivity contribution in [2.45, 2.75) is 19.5 Å². The van der Waals surface area contributed by atoms with Crippen LogP contribution in [0.3, 0.4) is 0 Å². The van der Waals surface area contributed by atoms with Crippen LogP contribution < -0.4 is 5.73 Å². The van der Waals surface area contributed by atoms with Gasteiger partial charge in [0.05, 0.1) is 11.3 Å². The number of nitrogens with two attached hydrogens (primary N) is 1. The quantitative estimate of drug-likeness (QED) is 0.929. The number of nitrogens with zero attached hydrogens (tertiary/aromatic N) is 3. The zero-order valence-corrected chi connectivity index (χ0v) is 10.3. The normalized spacial score (nSPS) is 11.8. The molecule has 2 N–H and O–H groups in total. The number of halogens is 3. The molecule has 0 saturated carbocycles. The Labute approximate surface area is 108 Å². The standard InChI is InChI=1S/C12H13F3N4/c1-8-17-11(6-7-16)18-19(8)10-4-2-9(3-5-10)12(13,14)15/h2-5H,6-7,16H2,1H3. The SMILES string of the molecule is Cc1nc(CCN)nn1-c1ccc(C(F)(F)F)cc1. The van der Waals surface area contributed by atoms with Crippen molar-refractivity contribution in [3.63, 3.8) is 0 Å². The molecule has 0 aliphatic heterocycles. The van der Waals surface area contributed by atoms with Crippen LogP contribution in [-0.2, 0) is 12.6 Å². The number of hydrogen-bond donors (Lipinski definition) is 1. The Hall–Kier alpha value is -1.89. The molecule has 1 heterocycles. The molecule has 19 heavy (non-hydrogen) atoms. The van der Waals surface area contributed by atoms with Crippen molar-refractivity contribution in [1.82, 2.24) is 14.8 Å². The number of rotatable bonds is 3. The highest BCUT2D eigenvalue weighted by Gasteiger charge is 2.30. The van der Waals surface area contributed by atoms with Gasteiger partial charge < -0.3 is 5.73 Å². The Kier molecular flexibility index (Phi) is 3.57. The molecule has 102 valence electrons. The lowest BCUT2D eigenvalue weighted by Crippen LogP contribution is -2.06. The van der Waals surface area contributed by atoms with Crippen LogP contribution >= 0.6 is 0 Å². The zero-order chi connectivity index (χ0) is 14.0. The fourth-order valence-corrected chi connectivity index (χ4v) is 1.72. The Bertz CT molecular complexity index is 557. The molecule has 1 aromatic heterocycles. The van der Waals surface area contributed by atoms with E-state index in [2.05, 4.69) is 10.1 Å². The van der Waals surface area contributed by atoms with Gasteiger partial charge in [-0.25, -0.2) is 9.67 Å². The van der Waals surface area contributed by atoms with E-state index >= 15 is 0 Å². The molecule has 2 aromatic rings. The van der Waals surface area contributed by atoms with Crippen LogP contribution in [0.2, 0.25) is 0 Å². The molecule has 2 rings (SSSR count). The second-order valence-corrected chi connectivity index (χ2v) is 4.07. The van der Waals surface area contributed by atoms with Crippen molar-refractivity contribution < 1.29 is 13.2 Å². The predicted molar refractivity (Wildman–Crippen MR) is 63.9 cm³/mol. The maximum Gasteiger partial charge on any atom is 0.416 e. The molecule has 0 saturated heterocycles. The van der Waals surface area contributed by atoms with Gasteiger partial charge in [-0.2, -0.15) is 18.3 Å². The first-order chi connectivity index (χ1) is 8.91. The van der Waals surface area contributed by atoms with Gasteiger partial charge in [0.25, 0.3) is 0 Å². The van der Waals surface area contributed by atoms with E-state index in [9.17, 15) is 13.2 Å². The minimum atomic E-state index is -4.33. The van der Waals surface area contributed by atoms with Gasteiger partial charge in [-0.05, 0) is 37.7 Å². The van der Waals surface area contributed by atoms with Crippen LogP contribution in [0.15, 0.2) is 24.3 Å². The first-order valence-corrected chi connectivity index (χ1v) is 5.72. The van der Waals surface area contributed by atoms with E-state index in [0.29, 0.717) is 30.3 Å². The number of aryl methyl sites for hydroxylation is 1. The first-order valence-electron chi connectivity index (χ1n) is 5.72. The number of alkyl halides is 3. The molecule has 0 amide bonds. The van der Waals surface area contributed by atoms with Crippen molar-refractivity contribution in [2.24, 2.45) is 5.73 Å². The number of hydrogen-bond acceptors (Lipinski definition) is 3. The molecule has 1 aromatic carbocycles. The molecular formula is C12H13F3N4. The minimum Gasteiger partial charge on any atom is -0.330 e. The average Bonchev–Trinajstić information content (AvgIpc) is 2.70. The van der Waals surface area contributed by atoms with Crippen molar-refractivity contribution in [2.75, 3.05) is 6.54 Å². The highest BCUT2D eigenvalue weighted by atomic mass is 19.4. The Balaban J connectivity index is 2.32. The number of aromatic nitrogens is 3. The molecular weight excluding hydrogens is 257 g/mol. The van der Waals surface area contributed by atoms with Gasteiger partial charge in [0.15, 0.2) is 5.82 Å². The van der Waals surface area contributed by atoms with E-state index in [-0.39, 0.29) is 0 Å². The third-order valence-corrected chi connectivity index (χ3v) is 2.62. The van der Waals surface area contributed by atoms with Crippen LogP contribution in [0.1, 0.15) is 17.2 Å². The maximum atomic E-state index is 12.5. The monoisotopic (exact) mass is 270 g/mol. The second kappa shape index (κ2) is 5.00. The van der Waals surface area contributed by atoms with Gasteiger partial charge in [-0.3, -0.25) is 0 Å².